The smallest absolute Gasteiger partial charge is 0.257 e. The van der Waals surface area contributed by atoms with E-state index in [1.807, 2.05) is 25.1 Å². The van der Waals surface area contributed by atoms with E-state index in [1.165, 1.54) is 0 Å². The fourth-order valence-corrected chi connectivity index (χ4v) is 2.21. The SMILES string of the molecule is Cc1cccc(CN(C)C(=O)c2ccc(Cl)nc2Cl)n1. The molecule has 6 heteroatoms. The monoisotopic (exact) mass is 309 g/mol. The van der Waals surface area contributed by atoms with Crippen molar-refractivity contribution in [1.29, 1.82) is 0 Å². The number of aryl methyl sites for hydroxylation is 1. The molecule has 0 aromatic carbocycles. The first-order valence-electron chi connectivity index (χ1n) is 5.97. The summed E-state index contributed by atoms with van der Waals surface area (Å²) in [6.07, 6.45) is 0. The molecule has 2 rings (SSSR count). The van der Waals surface area contributed by atoms with Crippen LogP contribution in [0.4, 0.5) is 0 Å². The summed E-state index contributed by atoms with van der Waals surface area (Å²) >= 11 is 11.7. The highest BCUT2D eigenvalue weighted by Gasteiger charge is 2.17. The molecule has 104 valence electrons. The topological polar surface area (TPSA) is 46.1 Å². The normalized spacial score (nSPS) is 10.4. The van der Waals surface area contributed by atoms with Crippen LogP contribution in [-0.2, 0) is 6.54 Å². The third kappa shape index (κ3) is 3.46. The minimum absolute atomic E-state index is 0.103. The molecule has 2 aromatic rings. The van der Waals surface area contributed by atoms with E-state index in [2.05, 4.69) is 9.97 Å². The Bertz CT molecular complexity index is 646. The molecule has 0 radical (unpaired) electrons. The summed E-state index contributed by atoms with van der Waals surface area (Å²) in [6.45, 7) is 2.31. The van der Waals surface area contributed by atoms with E-state index in [4.69, 9.17) is 23.2 Å². The van der Waals surface area contributed by atoms with Crippen LogP contribution in [0.3, 0.4) is 0 Å². The molecule has 1 amide bonds. The van der Waals surface area contributed by atoms with Gasteiger partial charge in [-0.1, -0.05) is 29.3 Å². The van der Waals surface area contributed by atoms with E-state index in [-0.39, 0.29) is 16.2 Å². The van der Waals surface area contributed by atoms with Gasteiger partial charge in [0.15, 0.2) is 0 Å². The summed E-state index contributed by atoms with van der Waals surface area (Å²) in [7, 11) is 1.69. The minimum atomic E-state index is -0.220. The van der Waals surface area contributed by atoms with Crippen LogP contribution in [0.2, 0.25) is 10.3 Å². The quantitative estimate of drug-likeness (QED) is 0.817. The largest absolute Gasteiger partial charge is 0.336 e. The fourth-order valence-electron chi connectivity index (χ4n) is 1.78. The zero-order valence-corrected chi connectivity index (χ0v) is 12.6. The second-order valence-electron chi connectivity index (χ2n) is 4.40. The van der Waals surface area contributed by atoms with Crippen LogP contribution in [0.1, 0.15) is 21.7 Å². The van der Waals surface area contributed by atoms with Gasteiger partial charge in [0, 0.05) is 12.7 Å². The van der Waals surface area contributed by atoms with Crippen LogP contribution in [0.25, 0.3) is 0 Å². The average molecular weight is 310 g/mol. The lowest BCUT2D eigenvalue weighted by atomic mass is 10.2. The van der Waals surface area contributed by atoms with Gasteiger partial charge in [-0.2, -0.15) is 0 Å². The lowest BCUT2D eigenvalue weighted by Gasteiger charge is -2.17. The highest BCUT2D eigenvalue weighted by Crippen LogP contribution is 2.18. The number of rotatable bonds is 3. The highest BCUT2D eigenvalue weighted by molar-refractivity contribution is 6.34. The van der Waals surface area contributed by atoms with Crippen molar-refractivity contribution < 1.29 is 4.79 Å². The molecule has 0 saturated heterocycles. The van der Waals surface area contributed by atoms with Crippen molar-refractivity contribution in [3.8, 4) is 0 Å². The van der Waals surface area contributed by atoms with Gasteiger partial charge < -0.3 is 4.90 Å². The Kier molecular flexibility index (Phi) is 4.57. The summed E-state index contributed by atoms with van der Waals surface area (Å²) in [4.78, 5) is 22.1. The molecule has 0 bridgehead atoms. The minimum Gasteiger partial charge on any atom is -0.336 e. The van der Waals surface area contributed by atoms with Crippen molar-refractivity contribution >= 4 is 29.1 Å². The fraction of sp³-hybridized carbons (Fsp3) is 0.214. The molecule has 0 spiro atoms. The van der Waals surface area contributed by atoms with Gasteiger partial charge in [-0.15, -0.1) is 0 Å². The van der Waals surface area contributed by atoms with Crippen molar-refractivity contribution in [3.05, 3.63) is 57.6 Å². The standard InChI is InChI=1S/C14H13Cl2N3O/c1-9-4-3-5-10(17-9)8-19(2)14(20)11-6-7-12(15)18-13(11)16/h3-7H,8H2,1-2H3. The van der Waals surface area contributed by atoms with Gasteiger partial charge in [-0.05, 0) is 31.2 Å². The average Bonchev–Trinajstić information content (AvgIpc) is 2.38. The van der Waals surface area contributed by atoms with Gasteiger partial charge in [-0.3, -0.25) is 9.78 Å². The second kappa shape index (κ2) is 6.20. The summed E-state index contributed by atoms with van der Waals surface area (Å²) in [5, 5.41) is 0.362. The third-order valence-electron chi connectivity index (χ3n) is 2.74. The Balaban J connectivity index is 2.16. The first-order chi connectivity index (χ1) is 9.47. The van der Waals surface area contributed by atoms with Crippen molar-refractivity contribution in [1.82, 2.24) is 14.9 Å². The number of pyridine rings is 2. The van der Waals surface area contributed by atoms with Gasteiger partial charge in [0.2, 0.25) is 0 Å². The number of amides is 1. The predicted octanol–water partition coefficient (Wildman–Crippen LogP) is 3.36. The maximum Gasteiger partial charge on any atom is 0.257 e. The maximum atomic E-state index is 12.3. The zero-order valence-electron chi connectivity index (χ0n) is 11.1. The number of halogens is 2. The molecule has 0 unspecified atom stereocenters. The summed E-state index contributed by atoms with van der Waals surface area (Å²) in [5.41, 5.74) is 2.06. The maximum absolute atomic E-state index is 12.3. The van der Waals surface area contributed by atoms with Gasteiger partial charge >= 0.3 is 0 Å². The van der Waals surface area contributed by atoms with Crippen molar-refractivity contribution in [3.63, 3.8) is 0 Å². The molecule has 4 nitrogen and oxygen atoms in total. The number of hydrogen-bond donors (Lipinski definition) is 0. The van der Waals surface area contributed by atoms with Gasteiger partial charge in [0.25, 0.3) is 5.91 Å². The van der Waals surface area contributed by atoms with E-state index in [1.54, 1.807) is 24.1 Å². The Morgan fingerprint density at radius 2 is 1.95 bits per heavy atom. The van der Waals surface area contributed by atoms with E-state index in [0.717, 1.165) is 11.4 Å². The Morgan fingerprint density at radius 1 is 1.20 bits per heavy atom. The Labute approximate surface area is 127 Å². The predicted molar refractivity (Wildman–Crippen MR) is 79.0 cm³/mol. The van der Waals surface area contributed by atoms with Crippen molar-refractivity contribution in [2.24, 2.45) is 0 Å². The molecular weight excluding hydrogens is 297 g/mol. The molecule has 0 fully saturated rings. The van der Waals surface area contributed by atoms with Crippen LogP contribution in [0.15, 0.2) is 30.3 Å². The van der Waals surface area contributed by atoms with Crippen LogP contribution in [-0.4, -0.2) is 27.8 Å². The molecule has 20 heavy (non-hydrogen) atoms. The molecule has 2 heterocycles. The number of carbonyl (C=O) groups is 1. The summed E-state index contributed by atoms with van der Waals surface area (Å²) in [6, 6.07) is 8.80. The molecular formula is C14H13Cl2N3O. The second-order valence-corrected chi connectivity index (χ2v) is 5.15. The molecule has 0 aliphatic heterocycles. The van der Waals surface area contributed by atoms with Crippen LogP contribution < -0.4 is 0 Å². The van der Waals surface area contributed by atoms with Gasteiger partial charge in [-0.25, -0.2) is 4.98 Å². The third-order valence-corrected chi connectivity index (χ3v) is 3.24. The van der Waals surface area contributed by atoms with Gasteiger partial charge in [0.1, 0.15) is 10.3 Å². The van der Waals surface area contributed by atoms with E-state index >= 15 is 0 Å². The molecule has 2 aromatic heterocycles. The van der Waals surface area contributed by atoms with Crippen molar-refractivity contribution in [2.45, 2.75) is 13.5 Å². The van der Waals surface area contributed by atoms with Crippen LogP contribution in [0.5, 0.6) is 0 Å². The van der Waals surface area contributed by atoms with E-state index in [0.29, 0.717) is 12.1 Å². The molecule has 0 aliphatic carbocycles. The van der Waals surface area contributed by atoms with Crippen molar-refractivity contribution in [2.75, 3.05) is 7.05 Å². The van der Waals surface area contributed by atoms with E-state index in [9.17, 15) is 4.79 Å². The first kappa shape index (κ1) is 14.8. The Morgan fingerprint density at radius 3 is 2.60 bits per heavy atom. The zero-order chi connectivity index (χ0) is 14.7. The van der Waals surface area contributed by atoms with Crippen LogP contribution >= 0.6 is 23.2 Å². The first-order valence-corrected chi connectivity index (χ1v) is 6.73. The molecule has 0 aliphatic rings. The van der Waals surface area contributed by atoms with Crippen LogP contribution in [0, 0.1) is 6.92 Å². The summed E-state index contributed by atoms with van der Waals surface area (Å²) in [5.74, 6) is -0.220. The number of aromatic nitrogens is 2. The van der Waals surface area contributed by atoms with Gasteiger partial charge in [0.05, 0.1) is 17.8 Å². The Hall–Kier alpha value is -1.65. The van der Waals surface area contributed by atoms with E-state index < -0.39 is 0 Å². The molecule has 0 saturated carbocycles. The number of nitrogens with zero attached hydrogens (tertiary/aromatic N) is 3. The summed E-state index contributed by atoms with van der Waals surface area (Å²) < 4.78 is 0. The lowest BCUT2D eigenvalue weighted by molar-refractivity contribution is 0.0783. The number of hydrogen-bond acceptors (Lipinski definition) is 3. The molecule has 0 N–H and O–H groups in total. The highest BCUT2D eigenvalue weighted by atomic mass is 35.5. The molecule has 0 atom stereocenters. The number of carbonyl (C=O) groups excluding carboxylic acids is 1. The lowest BCUT2D eigenvalue weighted by Crippen LogP contribution is -2.27.